The fourth-order valence-electron chi connectivity index (χ4n) is 3.18. The highest BCUT2D eigenvalue weighted by Gasteiger charge is 2.14. The Morgan fingerprint density at radius 2 is 1.91 bits per heavy atom. The molecule has 0 aliphatic rings. The Morgan fingerprint density at radius 1 is 1.12 bits per heavy atom. The number of nitrogens with zero attached hydrogens (tertiary/aromatic N) is 2. The van der Waals surface area contributed by atoms with Crippen LogP contribution >= 0.6 is 0 Å². The van der Waals surface area contributed by atoms with Crippen molar-refractivity contribution in [3.8, 4) is 17.2 Å². The van der Waals surface area contributed by atoms with Gasteiger partial charge in [-0.15, -0.1) is 0 Å². The number of hydrogen-bond donors (Lipinski definition) is 2. The first-order valence-corrected chi connectivity index (χ1v) is 9.75. The molecule has 0 atom stereocenters. The summed E-state index contributed by atoms with van der Waals surface area (Å²) in [7, 11) is 0. The molecule has 4 aromatic rings. The lowest BCUT2D eigenvalue weighted by Crippen LogP contribution is -2.07. The molecule has 2 N–H and O–H groups in total. The number of nitro benzene ring substituents is 1. The summed E-state index contributed by atoms with van der Waals surface area (Å²) >= 11 is 0. The molecule has 0 fully saturated rings. The number of oxazole rings is 1. The number of aryl methyl sites for hydroxylation is 2. The van der Waals surface area contributed by atoms with Gasteiger partial charge in [0.15, 0.2) is 5.58 Å². The summed E-state index contributed by atoms with van der Waals surface area (Å²) in [5, 5.41) is 23.9. The van der Waals surface area contributed by atoms with E-state index in [0.29, 0.717) is 27.9 Å². The van der Waals surface area contributed by atoms with E-state index in [4.69, 9.17) is 4.42 Å². The predicted octanol–water partition coefficient (Wildman–Crippen LogP) is 5.38. The first-order chi connectivity index (χ1) is 15.3. The molecule has 0 saturated carbocycles. The molecule has 0 bridgehead atoms. The minimum absolute atomic E-state index is 0.0323. The molecule has 8 nitrogen and oxygen atoms in total. The highest BCUT2D eigenvalue weighted by atomic mass is 16.6. The van der Waals surface area contributed by atoms with Gasteiger partial charge >= 0.3 is 0 Å². The van der Waals surface area contributed by atoms with Gasteiger partial charge in [0.25, 0.3) is 5.69 Å². The summed E-state index contributed by atoms with van der Waals surface area (Å²) in [5.74, 6) is -0.224. The normalized spacial score (nSPS) is 11.2. The molecule has 0 aliphatic carbocycles. The molecule has 8 heteroatoms. The third kappa shape index (κ3) is 4.34. The number of fused-ring (bicyclic) bond motifs is 1. The Morgan fingerprint density at radius 3 is 2.69 bits per heavy atom. The van der Waals surface area contributed by atoms with Gasteiger partial charge in [-0.2, -0.15) is 0 Å². The number of phenols is 1. The monoisotopic (exact) mass is 429 g/mol. The van der Waals surface area contributed by atoms with Crippen molar-refractivity contribution in [1.82, 2.24) is 4.98 Å². The van der Waals surface area contributed by atoms with E-state index >= 15 is 0 Å². The third-order valence-corrected chi connectivity index (χ3v) is 5.01. The topological polar surface area (TPSA) is 118 Å². The fourth-order valence-corrected chi connectivity index (χ4v) is 3.18. The second-order valence-electron chi connectivity index (χ2n) is 7.33. The molecule has 1 amide bonds. The molecule has 32 heavy (non-hydrogen) atoms. The average Bonchev–Trinajstić information content (AvgIpc) is 3.16. The number of nitro groups is 1. The van der Waals surface area contributed by atoms with Gasteiger partial charge in [0, 0.05) is 23.9 Å². The van der Waals surface area contributed by atoms with Crippen molar-refractivity contribution < 1.29 is 19.2 Å². The minimum Gasteiger partial charge on any atom is -0.507 e. The van der Waals surface area contributed by atoms with E-state index in [2.05, 4.69) is 10.3 Å². The van der Waals surface area contributed by atoms with Gasteiger partial charge in [0.2, 0.25) is 11.8 Å². The number of benzene rings is 3. The molecule has 0 spiro atoms. The number of carbonyl (C=O) groups excluding carboxylic acids is 1. The van der Waals surface area contributed by atoms with Crippen LogP contribution in [0.5, 0.6) is 5.75 Å². The SMILES string of the molecule is Cc1cc2nc(-c3cc(NC(=O)/C=C/c4cccc([N+](=O)[O-])c4)ccc3O)oc2cc1C. The first kappa shape index (κ1) is 20.8. The van der Waals surface area contributed by atoms with Gasteiger partial charge in [-0.1, -0.05) is 12.1 Å². The molecule has 0 radical (unpaired) electrons. The number of non-ortho nitro benzene ring substituents is 1. The summed E-state index contributed by atoms with van der Waals surface area (Å²) in [4.78, 5) is 27.1. The van der Waals surface area contributed by atoms with Gasteiger partial charge in [0.1, 0.15) is 11.3 Å². The van der Waals surface area contributed by atoms with Crippen molar-refractivity contribution in [1.29, 1.82) is 0 Å². The highest BCUT2D eigenvalue weighted by molar-refractivity contribution is 6.02. The molecule has 0 unspecified atom stereocenters. The molecular weight excluding hydrogens is 410 g/mol. The zero-order chi connectivity index (χ0) is 22.8. The van der Waals surface area contributed by atoms with E-state index in [1.807, 2.05) is 26.0 Å². The lowest BCUT2D eigenvalue weighted by atomic mass is 10.1. The molecule has 1 aromatic heterocycles. The van der Waals surface area contributed by atoms with Crippen molar-refractivity contribution in [2.45, 2.75) is 13.8 Å². The van der Waals surface area contributed by atoms with Crippen LogP contribution < -0.4 is 5.32 Å². The van der Waals surface area contributed by atoms with E-state index in [1.54, 1.807) is 24.3 Å². The average molecular weight is 429 g/mol. The van der Waals surface area contributed by atoms with Gasteiger partial charge in [0.05, 0.1) is 10.5 Å². The van der Waals surface area contributed by atoms with E-state index in [1.165, 1.54) is 30.4 Å². The maximum absolute atomic E-state index is 12.3. The lowest BCUT2D eigenvalue weighted by molar-refractivity contribution is -0.384. The van der Waals surface area contributed by atoms with Crippen LogP contribution in [0.15, 0.2) is 65.1 Å². The van der Waals surface area contributed by atoms with Gasteiger partial charge in [-0.3, -0.25) is 14.9 Å². The van der Waals surface area contributed by atoms with Gasteiger partial charge < -0.3 is 14.8 Å². The maximum atomic E-state index is 12.3. The standard InChI is InChI=1S/C24H19N3O5/c1-14-10-20-22(11-15(14)2)32-24(26-20)19-13-17(7-8-21(19)28)25-23(29)9-6-16-4-3-5-18(12-16)27(30)31/h3-13,28H,1-2H3,(H,25,29)/b9-6+. The molecule has 0 saturated heterocycles. The second kappa shape index (κ2) is 8.35. The summed E-state index contributed by atoms with van der Waals surface area (Å²) in [6, 6.07) is 14.3. The number of hydrogen-bond acceptors (Lipinski definition) is 6. The molecule has 1 heterocycles. The van der Waals surface area contributed by atoms with E-state index in [0.717, 1.165) is 11.1 Å². The maximum Gasteiger partial charge on any atom is 0.270 e. The Bertz CT molecular complexity index is 1350. The van der Waals surface area contributed by atoms with Crippen molar-refractivity contribution in [3.05, 3.63) is 87.5 Å². The summed E-state index contributed by atoms with van der Waals surface area (Å²) in [5.41, 5.74) is 4.68. The number of anilines is 1. The summed E-state index contributed by atoms with van der Waals surface area (Å²) in [6.07, 6.45) is 2.76. The van der Waals surface area contributed by atoms with Gasteiger partial charge in [-0.05, 0) is 66.9 Å². The number of phenolic OH excluding ortho intramolecular Hbond substituents is 1. The summed E-state index contributed by atoms with van der Waals surface area (Å²) in [6.45, 7) is 3.96. The number of nitrogens with one attached hydrogen (secondary N) is 1. The van der Waals surface area contributed by atoms with Crippen molar-refractivity contribution >= 4 is 34.5 Å². The first-order valence-electron chi connectivity index (χ1n) is 9.75. The van der Waals surface area contributed by atoms with Crippen LogP contribution in [-0.2, 0) is 4.79 Å². The smallest absolute Gasteiger partial charge is 0.270 e. The van der Waals surface area contributed by atoms with Crippen LogP contribution in [0, 0.1) is 24.0 Å². The van der Waals surface area contributed by atoms with Crippen LogP contribution in [-0.4, -0.2) is 20.9 Å². The van der Waals surface area contributed by atoms with Crippen LogP contribution in [0.25, 0.3) is 28.6 Å². The van der Waals surface area contributed by atoms with Crippen molar-refractivity contribution in [2.24, 2.45) is 0 Å². The number of rotatable bonds is 5. The minimum atomic E-state index is -0.496. The van der Waals surface area contributed by atoms with E-state index in [-0.39, 0.29) is 17.3 Å². The largest absolute Gasteiger partial charge is 0.507 e. The second-order valence-corrected chi connectivity index (χ2v) is 7.33. The Labute approximate surface area is 183 Å². The highest BCUT2D eigenvalue weighted by Crippen LogP contribution is 2.34. The zero-order valence-corrected chi connectivity index (χ0v) is 17.3. The molecule has 160 valence electrons. The third-order valence-electron chi connectivity index (χ3n) is 5.01. The Balaban J connectivity index is 1.56. The quantitative estimate of drug-likeness (QED) is 0.190. The van der Waals surface area contributed by atoms with Crippen molar-refractivity contribution in [3.63, 3.8) is 0 Å². The lowest BCUT2D eigenvalue weighted by Gasteiger charge is -2.06. The van der Waals surface area contributed by atoms with Crippen molar-refractivity contribution in [2.75, 3.05) is 5.32 Å². The molecule has 3 aromatic carbocycles. The zero-order valence-electron chi connectivity index (χ0n) is 17.3. The van der Waals surface area contributed by atoms with Gasteiger partial charge in [-0.25, -0.2) is 4.98 Å². The van der Waals surface area contributed by atoms with Crippen LogP contribution in [0.3, 0.4) is 0 Å². The molecular formula is C24H19N3O5. The number of aromatic nitrogens is 1. The number of aromatic hydroxyl groups is 1. The van der Waals surface area contributed by atoms with E-state index in [9.17, 15) is 20.0 Å². The fraction of sp³-hybridized carbons (Fsp3) is 0.0833. The summed E-state index contributed by atoms with van der Waals surface area (Å²) < 4.78 is 5.81. The van der Waals surface area contributed by atoms with Crippen LogP contribution in [0.2, 0.25) is 0 Å². The molecule has 4 rings (SSSR count). The van der Waals surface area contributed by atoms with E-state index < -0.39 is 10.8 Å². The predicted molar refractivity (Wildman–Crippen MR) is 121 cm³/mol. The molecule has 0 aliphatic heterocycles. The Kier molecular flexibility index (Phi) is 5.43. The Hall–Kier alpha value is -4.46. The number of carbonyl (C=O) groups is 1. The number of amides is 1. The van der Waals surface area contributed by atoms with Crippen LogP contribution in [0.4, 0.5) is 11.4 Å². The van der Waals surface area contributed by atoms with Crippen LogP contribution in [0.1, 0.15) is 16.7 Å².